The van der Waals surface area contributed by atoms with Crippen molar-refractivity contribution >= 4 is 26.6 Å². The lowest BCUT2D eigenvalue weighted by Gasteiger charge is -1.92. The Morgan fingerprint density at radius 3 is 2.70 bits per heavy atom. The van der Waals surface area contributed by atoms with E-state index in [1.807, 2.05) is 25.3 Å². The molecule has 0 aromatic heterocycles. The van der Waals surface area contributed by atoms with Crippen LogP contribution in [0, 0.1) is 0 Å². The molecule has 56 valence electrons. The van der Waals surface area contributed by atoms with Gasteiger partial charge in [-0.25, -0.2) is 4.99 Å². The summed E-state index contributed by atoms with van der Waals surface area (Å²) in [6, 6.07) is 0. The van der Waals surface area contributed by atoms with Crippen LogP contribution in [0.4, 0.5) is 0 Å². The molecule has 0 aromatic carbocycles. The minimum atomic E-state index is 0.991. The maximum Gasteiger partial charge on any atom is 0.106 e. The lowest BCUT2D eigenvalue weighted by atomic mass is 10.5. The van der Waals surface area contributed by atoms with Crippen LogP contribution in [0.1, 0.15) is 6.92 Å². The van der Waals surface area contributed by atoms with Gasteiger partial charge in [-0.1, -0.05) is 23.4 Å². The summed E-state index contributed by atoms with van der Waals surface area (Å²) in [5.41, 5.74) is 0. The Balaban J connectivity index is 3.96. The fraction of sp³-hybridized carbons (Fsp3) is 0.286. The van der Waals surface area contributed by atoms with Gasteiger partial charge in [-0.3, -0.25) is 0 Å². The SMILES string of the molecule is C=CN=C(/C=C\C)SSC. The molecule has 0 radical (unpaired) electrons. The summed E-state index contributed by atoms with van der Waals surface area (Å²) in [6.45, 7) is 5.49. The molecule has 0 aromatic rings. The van der Waals surface area contributed by atoms with Crippen molar-refractivity contribution in [2.75, 3.05) is 6.26 Å². The van der Waals surface area contributed by atoms with E-state index in [2.05, 4.69) is 11.6 Å². The van der Waals surface area contributed by atoms with Gasteiger partial charge in [0.2, 0.25) is 0 Å². The third-order valence-corrected chi connectivity index (χ3v) is 2.29. The van der Waals surface area contributed by atoms with E-state index in [9.17, 15) is 0 Å². The molecule has 0 atom stereocenters. The summed E-state index contributed by atoms with van der Waals surface area (Å²) >= 11 is 0. The number of hydrogen-bond donors (Lipinski definition) is 0. The van der Waals surface area contributed by atoms with Crippen molar-refractivity contribution in [2.24, 2.45) is 4.99 Å². The van der Waals surface area contributed by atoms with E-state index in [4.69, 9.17) is 0 Å². The Morgan fingerprint density at radius 2 is 2.30 bits per heavy atom. The molecule has 0 spiro atoms. The van der Waals surface area contributed by atoms with E-state index in [1.165, 1.54) is 0 Å². The highest BCUT2D eigenvalue weighted by Gasteiger charge is 1.89. The van der Waals surface area contributed by atoms with E-state index >= 15 is 0 Å². The molecule has 0 aliphatic heterocycles. The van der Waals surface area contributed by atoms with Crippen molar-refractivity contribution < 1.29 is 0 Å². The maximum atomic E-state index is 4.04. The summed E-state index contributed by atoms with van der Waals surface area (Å²) in [7, 11) is 3.31. The molecule has 0 bridgehead atoms. The normalized spacial score (nSPS) is 12.4. The molecule has 10 heavy (non-hydrogen) atoms. The van der Waals surface area contributed by atoms with Crippen LogP contribution < -0.4 is 0 Å². The molecule has 0 aliphatic carbocycles. The van der Waals surface area contributed by atoms with Crippen LogP contribution in [0.3, 0.4) is 0 Å². The maximum absolute atomic E-state index is 4.04. The van der Waals surface area contributed by atoms with Gasteiger partial charge in [0.15, 0.2) is 0 Å². The smallest absolute Gasteiger partial charge is 0.106 e. The summed E-state index contributed by atoms with van der Waals surface area (Å²) in [5.74, 6) is 0. The minimum absolute atomic E-state index is 0.991. The Labute approximate surface area is 70.1 Å². The highest BCUT2D eigenvalue weighted by molar-refractivity contribution is 8.82. The van der Waals surface area contributed by atoms with E-state index in [1.54, 1.807) is 27.8 Å². The molecular weight excluding hydrogens is 162 g/mol. The molecule has 0 N–H and O–H groups in total. The standard InChI is InChI=1S/C7H11NS2/c1-4-6-7(8-5-2)10-9-3/h4-6H,2H2,1,3H3/b6-4-,8-7?. The van der Waals surface area contributed by atoms with Crippen LogP contribution in [0.25, 0.3) is 0 Å². The molecule has 0 amide bonds. The predicted molar refractivity (Wildman–Crippen MR) is 53.6 cm³/mol. The first-order valence-electron chi connectivity index (χ1n) is 2.87. The van der Waals surface area contributed by atoms with Gasteiger partial charge in [-0.05, 0) is 30.0 Å². The lowest BCUT2D eigenvalue weighted by molar-refractivity contribution is 1.61. The van der Waals surface area contributed by atoms with E-state index in [0.29, 0.717) is 0 Å². The molecular formula is C7H11NS2. The van der Waals surface area contributed by atoms with Crippen molar-refractivity contribution in [2.45, 2.75) is 6.92 Å². The Kier molecular flexibility index (Phi) is 6.86. The van der Waals surface area contributed by atoms with Crippen LogP contribution in [-0.4, -0.2) is 11.3 Å². The molecule has 0 saturated heterocycles. The topological polar surface area (TPSA) is 12.4 Å². The van der Waals surface area contributed by atoms with Crippen molar-refractivity contribution in [3.05, 3.63) is 24.9 Å². The largest absolute Gasteiger partial charge is 0.250 e. The van der Waals surface area contributed by atoms with Gasteiger partial charge >= 0.3 is 0 Å². The fourth-order valence-electron chi connectivity index (χ4n) is 0.410. The number of allylic oxidation sites excluding steroid dienone is 1. The van der Waals surface area contributed by atoms with Gasteiger partial charge in [-0.15, -0.1) is 0 Å². The predicted octanol–water partition coefficient (Wildman–Crippen LogP) is 3.12. The second-order valence-corrected chi connectivity index (χ2v) is 3.82. The zero-order valence-electron chi connectivity index (χ0n) is 6.20. The van der Waals surface area contributed by atoms with E-state index < -0.39 is 0 Å². The van der Waals surface area contributed by atoms with Gasteiger partial charge in [0.25, 0.3) is 0 Å². The van der Waals surface area contributed by atoms with Gasteiger partial charge in [0.05, 0.1) is 0 Å². The summed E-state index contributed by atoms with van der Waals surface area (Å²) in [6.07, 6.45) is 7.50. The first kappa shape index (κ1) is 9.85. The molecule has 1 nitrogen and oxygen atoms in total. The molecule has 0 unspecified atom stereocenters. The second kappa shape index (κ2) is 6.96. The van der Waals surface area contributed by atoms with Crippen LogP contribution in [0.5, 0.6) is 0 Å². The molecule has 0 fully saturated rings. The summed E-state index contributed by atoms with van der Waals surface area (Å²) in [5, 5.41) is 0.991. The Morgan fingerprint density at radius 1 is 1.60 bits per heavy atom. The van der Waals surface area contributed by atoms with Gasteiger partial charge in [0.1, 0.15) is 5.04 Å². The Hall–Kier alpha value is -0.150. The van der Waals surface area contributed by atoms with Crippen LogP contribution >= 0.6 is 21.6 Å². The highest BCUT2D eigenvalue weighted by Crippen LogP contribution is 2.19. The van der Waals surface area contributed by atoms with Gasteiger partial charge in [0, 0.05) is 6.20 Å². The Bertz CT molecular complexity index is 150. The van der Waals surface area contributed by atoms with Crippen LogP contribution in [0.15, 0.2) is 29.9 Å². The van der Waals surface area contributed by atoms with Crippen molar-refractivity contribution in [1.82, 2.24) is 0 Å². The van der Waals surface area contributed by atoms with Crippen LogP contribution in [-0.2, 0) is 0 Å². The number of nitrogens with zero attached hydrogens (tertiary/aromatic N) is 1. The molecule has 0 rings (SSSR count). The third-order valence-electron chi connectivity index (χ3n) is 0.696. The molecule has 0 saturated carbocycles. The lowest BCUT2D eigenvalue weighted by Crippen LogP contribution is -1.79. The average molecular weight is 173 g/mol. The first-order valence-corrected chi connectivity index (χ1v) is 5.43. The van der Waals surface area contributed by atoms with E-state index in [0.717, 1.165) is 5.04 Å². The zero-order valence-corrected chi connectivity index (χ0v) is 7.84. The third kappa shape index (κ3) is 4.70. The van der Waals surface area contributed by atoms with Crippen molar-refractivity contribution in [3.63, 3.8) is 0 Å². The zero-order chi connectivity index (χ0) is 7.82. The molecule has 0 heterocycles. The molecule has 0 aliphatic rings. The number of rotatable bonds is 3. The fourth-order valence-corrected chi connectivity index (χ4v) is 1.70. The monoisotopic (exact) mass is 173 g/mol. The number of hydrogen-bond acceptors (Lipinski definition) is 3. The van der Waals surface area contributed by atoms with E-state index in [-0.39, 0.29) is 0 Å². The number of aliphatic imine (C=N–C) groups is 1. The summed E-state index contributed by atoms with van der Waals surface area (Å²) < 4.78 is 0. The highest BCUT2D eigenvalue weighted by atomic mass is 33.1. The van der Waals surface area contributed by atoms with Crippen LogP contribution in [0.2, 0.25) is 0 Å². The first-order chi connectivity index (χ1) is 4.85. The quantitative estimate of drug-likeness (QED) is 0.369. The summed E-state index contributed by atoms with van der Waals surface area (Å²) in [4.78, 5) is 4.04. The average Bonchev–Trinajstić information content (AvgIpc) is 1.90. The minimum Gasteiger partial charge on any atom is -0.250 e. The van der Waals surface area contributed by atoms with Gasteiger partial charge in [-0.2, -0.15) is 0 Å². The molecule has 3 heteroatoms. The van der Waals surface area contributed by atoms with Crippen molar-refractivity contribution in [1.29, 1.82) is 0 Å². The second-order valence-electron chi connectivity index (χ2n) is 1.40. The van der Waals surface area contributed by atoms with Gasteiger partial charge < -0.3 is 0 Å². The van der Waals surface area contributed by atoms with Crippen molar-refractivity contribution in [3.8, 4) is 0 Å².